The van der Waals surface area contributed by atoms with Crippen molar-refractivity contribution in [3.8, 4) is 0 Å². The first-order chi connectivity index (χ1) is 8.92. The minimum atomic E-state index is -4.35. The largest absolute Gasteiger partial charge is 0.406 e. The maximum Gasteiger partial charge on any atom is 0.406 e. The quantitative estimate of drug-likeness (QED) is 0.895. The molecule has 1 unspecified atom stereocenters. The second-order valence-corrected chi connectivity index (χ2v) is 4.28. The highest BCUT2D eigenvalue weighted by Gasteiger charge is 2.31. The number of nitrogens with two attached hydrogens (primary N) is 1. The fraction of sp³-hybridized carbons (Fsp3) is 0.417. The Kier molecular flexibility index (Phi) is 3.77. The Balaban J connectivity index is 2.52. The molecule has 0 fully saturated rings. The minimum Gasteiger partial charge on any atom is -0.396 e. The minimum absolute atomic E-state index is 0.146. The maximum absolute atomic E-state index is 12.6. The summed E-state index contributed by atoms with van der Waals surface area (Å²) in [5.41, 5.74) is 6.64. The SMILES string of the molecule is NC(CCO)c1nc2ccccc2n1CC(F)(F)F. The summed E-state index contributed by atoms with van der Waals surface area (Å²) in [5.74, 6) is 0.146. The Morgan fingerprint density at radius 1 is 1.32 bits per heavy atom. The molecular formula is C12H14F3N3O. The van der Waals surface area contributed by atoms with Gasteiger partial charge < -0.3 is 15.4 Å². The number of aliphatic hydroxyl groups excluding tert-OH is 1. The van der Waals surface area contributed by atoms with Crippen LogP contribution < -0.4 is 5.73 Å². The van der Waals surface area contributed by atoms with Gasteiger partial charge in [0.1, 0.15) is 12.4 Å². The summed E-state index contributed by atoms with van der Waals surface area (Å²) in [6, 6.07) is 5.84. The number of imidazole rings is 1. The standard InChI is InChI=1S/C12H14F3N3O/c13-12(14,15)7-18-10-4-2-1-3-9(10)17-11(18)8(16)5-6-19/h1-4,8,19H,5-7,16H2. The van der Waals surface area contributed by atoms with Gasteiger partial charge in [0, 0.05) is 6.61 Å². The third-order valence-corrected chi connectivity index (χ3v) is 2.79. The van der Waals surface area contributed by atoms with Crippen molar-refractivity contribution in [1.29, 1.82) is 0 Å². The Morgan fingerprint density at radius 2 is 2.00 bits per heavy atom. The molecule has 0 saturated carbocycles. The molecule has 0 saturated heterocycles. The fourth-order valence-electron chi connectivity index (χ4n) is 1.99. The van der Waals surface area contributed by atoms with Gasteiger partial charge in [-0.05, 0) is 18.6 Å². The molecule has 0 radical (unpaired) electrons. The van der Waals surface area contributed by atoms with Gasteiger partial charge in [-0.2, -0.15) is 13.2 Å². The van der Waals surface area contributed by atoms with E-state index in [4.69, 9.17) is 10.8 Å². The van der Waals surface area contributed by atoms with Crippen molar-refractivity contribution in [2.24, 2.45) is 5.73 Å². The molecule has 0 bridgehead atoms. The Morgan fingerprint density at radius 3 is 2.63 bits per heavy atom. The summed E-state index contributed by atoms with van der Waals surface area (Å²) >= 11 is 0. The van der Waals surface area contributed by atoms with Crippen molar-refractivity contribution in [3.63, 3.8) is 0 Å². The van der Waals surface area contributed by atoms with Crippen LogP contribution in [0.2, 0.25) is 0 Å². The summed E-state index contributed by atoms with van der Waals surface area (Å²) in [6.07, 6.45) is -4.18. The van der Waals surface area contributed by atoms with Gasteiger partial charge in [-0.3, -0.25) is 0 Å². The first-order valence-corrected chi connectivity index (χ1v) is 5.80. The van der Waals surface area contributed by atoms with Gasteiger partial charge in [0.15, 0.2) is 0 Å². The lowest BCUT2D eigenvalue weighted by molar-refractivity contribution is -0.140. The predicted octanol–water partition coefficient (Wildman–Crippen LogP) is 1.98. The number of hydrogen-bond donors (Lipinski definition) is 2. The zero-order valence-corrected chi connectivity index (χ0v) is 10.1. The van der Waals surface area contributed by atoms with E-state index in [9.17, 15) is 13.2 Å². The van der Waals surface area contributed by atoms with Gasteiger partial charge in [0.05, 0.1) is 17.1 Å². The lowest BCUT2D eigenvalue weighted by Crippen LogP contribution is -2.24. The van der Waals surface area contributed by atoms with Crippen LogP contribution in [0, 0.1) is 0 Å². The number of aliphatic hydroxyl groups is 1. The van der Waals surface area contributed by atoms with Crippen molar-refractivity contribution >= 4 is 11.0 Å². The smallest absolute Gasteiger partial charge is 0.396 e. The third-order valence-electron chi connectivity index (χ3n) is 2.79. The van der Waals surface area contributed by atoms with Gasteiger partial charge in [0.25, 0.3) is 0 Å². The highest BCUT2D eigenvalue weighted by Crippen LogP contribution is 2.26. The van der Waals surface area contributed by atoms with Crippen LogP contribution in [0.4, 0.5) is 13.2 Å². The summed E-state index contributed by atoms with van der Waals surface area (Å²) in [5, 5.41) is 8.86. The van der Waals surface area contributed by atoms with E-state index in [0.29, 0.717) is 11.0 Å². The molecule has 104 valence electrons. The number of para-hydroxylation sites is 2. The van der Waals surface area contributed by atoms with E-state index in [1.54, 1.807) is 24.3 Å². The van der Waals surface area contributed by atoms with Crippen LogP contribution >= 0.6 is 0 Å². The lowest BCUT2D eigenvalue weighted by Gasteiger charge is -2.15. The summed E-state index contributed by atoms with van der Waals surface area (Å²) in [7, 11) is 0. The molecule has 1 aromatic carbocycles. The Bertz CT molecular complexity index is 565. The molecule has 4 nitrogen and oxygen atoms in total. The number of nitrogens with zero attached hydrogens (tertiary/aromatic N) is 2. The normalized spacial score (nSPS) is 13.9. The van der Waals surface area contributed by atoms with Crippen LogP contribution in [0.1, 0.15) is 18.3 Å². The van der Waals surface area contributed by atoms with Crippen LogP contribution in [-0.4, -0.2) is 27.4 Å². The summed E-state index contributed by atoms with van der Waals surface area (Å²) in [6.45, 7) is -1.33. The monoisotopic (exact) mass is 273 g/mol. The predicted molar refractivity (Wildman–Crippen MR) is 64.4 cm³/mol. The van der Waals surface area contributed by atoms with Crippen LogP contribution in [-0.2, 0) is 6.54 Å². The number of halogens is 3. The van der Waals surface area contributed by atoms with Gasteiger partial charge in [-0.25, -0.2) is 4.98 Å². The van der Waals surface area contributed by atoms with Gasteiger partial charge in [-0.1, -0.05) is 12.1 Å². The molecule has 0 amide bonds. The summed E-state index contributed by atoms with van der Waals surface area (Å²) in [4.78, 5) is 4.14. The zero-order chi connectivity index (χ0) is 14.0. The molecule has 0 spiro atoms. The average molecular weight is 273 g/mol. The number of alkyl halides is 3. The van der Waals surface area contributed by atoms with Crippen molar-refractivity contribution < 1.29 is 18.3 Å². The van der Waals surface area contributed by atoms with Crippen molar-refractivity contribution in [2.45, 2.75) is 25.2 Å². The molecule has 1 atom stereocenters. The van der Waals surface area contributed by atoms with Crippen LogP contribution in [0.25, 0.3) is 11.0 Å². The molecule has 2 aromatic rings. The molecule has 0 aliphatic carbocycles. The lowest BCUT2D eigenvalue weighted by atomic mass is 10.2. The molecule has 2 rings (SSSR count). The second kappa shape index (κ2) is 5.18. The average Bonchev–Trinajstić information content (AvgIpc) is 2.67. The van der Waals surface area contributed by atoms with E-state index in [-0.39, 0.29) is 18.9 Å². The van der Waals surface area contributed by atoms with Crippen LogP contribution in [0.5, 0.6) is 0 Å². The number of benzene rings is 1. The van der Waals surface area contributed by atoms with E-state index >= 15 is 0 Å². The molecule has 1 aromatic heterocycles. The highest BCUT2D eigenvalue weighted by atomic mass is 19.4. The number of hydrogen-bond acceptors (Lipinski definition) is 3. The zero-order valence-electron chi connectivity index (χ0n) is 10.1. The topological polar surface area (TPSA) is 64.1 Å². The van der Waals surface area contributed by atoms with Crippen molar-refractivity contribution in [3.05, 3.63) is 30.1 Å². The van der Waals surface area contributed by atoms with Crippen LogP contribution in [0.15, 0.2) is 24.3 Å². The Labute approximate surface area is 107 Å². The molecule has 0 aliphatic heterocycles. The first-order valence-electron chi connectivity index (χ1n) is 5.80. The maximum atomic E-state index is 12.6. The Hall–Kier alpha value is -1.60. The van der Waals surface area contributed by atoms with E-state index < -0.39 is 18.8 Å². The fourth-order valence-corrected chi connectivity index (χ4v) is 1.99. The third kappa shape index (κ3) is 3.05. The van der Waals surface area contributed by atoms with E-state index in [2.05, 4.69) is 4.98 Å². The molecular weight excluding hydrogens is 259 g/mol. The van der Waals surface area contributed by atoms with Gasteiger partial charge in [0.2, 0.25) is 0 Å². The van der Waals surface area contributed by atoms with Gasteiger partial charge in [-0.15, -0.1) is 0 Å². The molecule has 1 heterocycles. The van der Waals surface area contributed by atoms with Crippen molar-refractivity contribution in [1.82, 2.24) is 9.55 Å². The number of aromatic nitrogens is 2. The van der Waals surface area contributed by atoms with Gasteiger partial charge >= 0.3 is 6.18 Å². The molecule has 3 N–H and O–H groups in total. The molecule has 0 aliphatic rings. The number of rotatable bonds is 4. The highest BCUT2D eigenvalue weighted by molar-refractivity contribution is 5.76. The number of fused-ring (bicyclic) bond motifs is 1. The summed E-state index contributed by atoms with van der Waals surface area (Å²) < 4.78 is 39.0. The van der Waals surface area contributed by atoms with E-state index in [0.717, 1.165) is 4.57 Å². The first kappa shape index (κ1) is 13.8. The van der Waals surface area contributed by atoms with E-state index in [1.807, 2.05) is 0 Å². The van der Waals surface area contributed by atoms with E-state index in [1.165, 1.54) is 0 Å². The second-order valence-electron chi connectivity index (χ2n) is 4.28. The molecule has 19 heavy (non-hydrogen) atoms. The van der Waals surface area contributed by atoms with Crippen molar-refractivity contribution in [2.75, 3.05) is 6.61 Å². The molecule has 7 heteroatoms. The van der Waals surface area contributed by atoms with Crippen LogP contribution in [0.3, 0.4) is 0 Å².